The van der Waals surface area contributed by atoms with Crippen LogP contribution in [-0.4, -0.2) is 24.3 Å². The molecule has 1 aromatic heterocycles. The molecule has 1 aliphatic heterocycles. The third kappa shape index (κ3) is 4.42. The maximum absolute atomic E-state index is 12.8. The van der Waals surface area contributed by atoms with Crippen molar-refractivity contribution in [2.45, 2.75) is 32.7 Å². The van der Waals surface area contributed by atoms with E-state index < -0.39 is 0 Å². The smallest absolute Gasteiger partial charge is 0.225 e. The second kappa shape index (κ2) is 8.39. The van der Waals surface area contributed by atoms with E-state index in [9.17, 15) is 4.79 Å². The van der Waals surface area contributed by atoms with Crippen LogP contribution in [0.15, 0.2) is 53.1 Å². The molecular weight excluding hydrogens is 368 g/mol. The summed E-state index contributed by atoms with van der Waals surface area (Å²) in [6, 6.07) is 15.8. The highest BCUT2D eigenvalue weighted by Crippen LogP contribution is 2.33. The molecule has 150 valence electrons. The van der Waals surface area contributed by atoms with Crippen LogP contribution >= 0.6 is 0 Å². The summed E-state index contributed by atoms with van der Waals surface area (Å²) in [6.45, 7) is 4.75. The molecule has 3 aromatic rings. The van der Waals surface area contributed by atoms with Crippen molar-refractivity contribution in [1.29, 1.82) is 0 Å². The standard InChI is InChI=1S/C23H24N2O4/c1-15-19(16(2)29-25-15)14-23(26)24-20(12-17-6-4-3-5-7-17)18-8-9-21-22(13-18)28-11-10-27-21/h3-9,13,20H,10-12,14H2,1-2H3,(H,24,26). The van der Waals surface area contributed by atoms with E-state index in [-0.39, 0.29) is 18.4 Å². The second-order valence-electron chi connectivity index (χ2n) is 7.19. The van der Waals surface area contributed by atoms with Crippen molar-refractivity contribution in [2.75, 3.05) is 13.2 Å². The third-order valence-corrected chi connectivity index (χ3v) is 5.11. The Bertz CT molecular complexity index is 978. The van der Waals surface area contributed by atoms with Crippen LogP contribution in [0.25, 0.3) is 0 Å². The van der Waals surface area contributed by atoms with Gasteiger partial charge in [-0.1, -0.05) is 41.6 Å². The molecular formula is C23H24N2O4. The van der Waals surface area contributed by atoms with Crippen molar-refractivity contribution in [3.63, 3.8) is 0 Å². The number of amides is 1. The fourth-order valence-corrected chi connectivity index (χ4v) is 3.54. The van der Waals surface area contributed by atoms with Gasteiger partial charge in [-0.2, -0.15) is 0 Å². The summed E-state index contributed by atoms with van der Waals surface area (Å²) >= 11 is 0. The van der Waals surface area contributed by atoms with Gasteiger partial charge in [0.15, 0.2) is 11.5 Å². The number of hydrogen-bond donors (Lipinski definition) is 1. The van der Waals surface area contributed by atoms with E-state index in [1.165, 1.54) is 0 Å². The van der Waals surface area contributed by atoms with Gasteiger partial charge in [0.05, 0.1) is 18.2 Å². The van der Waals surface area contributed by atoms with Gasteiger partial charge in [0.1, 0.15) is 19.0 Å². The first-order chi connectivity index (χ1) is 14.1. The molecule has 0 spiro atoms. The first-order valence-corrected chi connectivity index (χ1v) is 9.75. The molecule has 0 saturated carbocycles. The molecule has 2 aromatic carbocycles. The summed E-state index contributed by atoms with van der Waals surface area (Å²) in [4.78, 5) is 12.8. The Morgan fingerprint density at radius 2 is 1.83 bits per heavy atom. The summed E-state index contributed by atoms with van der Waals surface area (Å²) in [7, 11) is 0. The molecule has 0 fully saturated rings. The molecule has 6 heteroatoms. The zero-order chi connectivity index (χ0) is 20.2. The fraction of sp³-hybridized carbons (Fsp3) is 0.304. The largest absolute Gasteiger partial charge is 0.486 e. The van der Waals surface area contributed by atoms with E-state index in [4.69, 9.17) is 14.0 Å². The zero-order valence-corrected chi connectivity index (χ0v) is 16.6. The van der Waals surface area contributed by atoms with Crippen LogP contribution in [0.3, 0.4) is 0 Å². The van der Waals surface area contributed by atoms with Gasteiger partial charge in [-0.25, -0.2) is 0 Å². The number of hydrogen-bond acceptors (Lipinski definition) is 5. The maximum Gasteiger partial charge on any atom is 0.225 e. The Morgan fingerprint density at radius 3 is 2.55 bits per heavy atom. The average Bonchev–Trinajstić information content (AvgIpc) is 3.05. The quantitative estimate of drug-likeness (QED) is 0.692. The minimum Gasteiger partial charge on any atom is -0.486 e. The van der Waals surface area contributed by atoms with Gasteiger partial charge < -0.3 is 19.3 Å². The zero-order valence-electron chi connectivity index (χ0n) is 16.6. The van der Waals surface area contributed by atoms with Gasteiger partial charge in [0, 0.05) is 5.56 Å². The van der Waals surface area contributed by atoms with E-state index in [1.807, 2.05) is 50.2 Å². The lowest BCUT2D eigenvalue weighted by Crippen LogP contribution is -2.31. The predicted octanol–water partition coefficient (Wildman–Crippen LogP) is 3.71. The van der Waals surface area contributed by atoms with E-state index in [2.05, 4.69) is 22.6 Å². The lowest BCUT2D eigenvalue weighted by atomic mass is 9.97. The number of benzene rings is 2. The highest BCUT2D eigenvalue weighted by atomic mass is 16.6. The van der Waals surface area contributed by atoms with Crippen molar-refractivity contribution in [1.82, 2.24) is 10.5 Å². The van der Waals surface area contributed by atoms with Crippen molar-refractivity contribution < 1.29 is 18.8 Å². The molecule has 0 saturated heterocycles. The van der Waals surface area contributed by atoms with Gasteiger partial charge in [-0.15, -0.1) is 0 Å². The third-order valence-electron chi connectivity index (χ3n) is 5.11. The summed E-state index contributed by atoms with van der Waals surface area (Å²) in [6.07, 6.45) is 0.908. The van der Waals surface area contributed by atoms with Crippen LogP contribution in [0.1, 0.15) is 34.2 Å². The Balaban J connectivity index is 1.57. The monoisotopic (exact) mass is 392 g/mol. The van der Waals surface area contributed by atoms with Crippen LogP contribution < -0.4 is 14.8 Å². The molecule has 2 heterocycles. The molecule has 4 rings (SSSR count). The van der Waals surface area contributed by atoms with Crippen LogP contribution in [0.2, 0.25) is 0 Å². The Labute approximate surface area is 169 Å². The van der Waals surface area contributed by atoms with E-state index in [1.54, 1.807) is 0 Å². The molecule has 1 N–H and O–H groups in total. The first-order valence-electron chi connectivity index (χ1n) is 9.75. The number of ether oxygens (including phenoxy) is 2. The molecule has 1 unspecified atom stereocenters. The van der Waals surface area contributed by atoms with Crippen LogP contribution in [0.4, 0.5) is 0 Å². The summed E-state index contributed by atoms with van der Waals surface area (Å²) in [5, 5.41) is 7.11. The Kier molecular flexibility index (Phi) is 5.51. The number of rotatable bonds is 6. The molecule has 1 amide bonds. The van der Waals surface area contributed by atoms with Gasteiger partial charge in [0.25, 0.3) is 0 Å². The van der Waals surface area contributed by atoms with Gasteiger partial charge in [-0.3, -0.25) is 4.79 Å². The molecule has 0 radical (unpaired) electrons. The molecule has 0 bridgehead atoms. The number of carbonyl (C=O) groups excluding carboxylic acids is 1. The number of aromatic nitrogens is 1. The van der Waals surface area contributed by atoms with Gasteiger partial charge >= 0.3 is 0 Å². The lowest BCUT2D eigenvalue weighted by Gasteiger charge is -2.23. The molecule has 1 aliphatic rings. The van der Waals surface area contributed by atoms with Gasteiger partial charge in [-0.05, 0) is 43.5 Å². The summed E-state index contributed by atoms with van der Waals surface area (Å²) in [5.41, 5.74) is 3.70. The topological polar surface area (TPSA) is 73.6 Å². The fourth-order valence-electron chi connectivity index (χ4n) is 3.54. The molecule has 1 atom stereocenters. The Morgan fingerprint density at radius 1 is 1.07 bits per heavy atom. The Hall–Kier alpha value is -3.28. The van der Waals surface area contributed by atoms with Gasteiger partial charge in [0.2, 0.25) is 5.91 Å². The minimum atomic E-state index is -0.193. The van der Waals surface area contributed by atoms with E-state index in [0.717, 1.165) is 28.1 Å². The van der Waals surface area contributed by atoms with Crippen LogP contribution in [0, 0.1) is 13.8 Å². The average molecular weight is 392 g/mol. The van der Waals surface area contributed by atoms with E-state index in [0.29, 0.717) is 31.1 Å². The molecule has 6 nitrogen and oxygen atoms in total. The number of aryl methyl sites for hydroxylation is 2. The number of carbonyl (C=O) groups is 1. The van der Waals surface area contributed by atoms with Crippen LogP contribution in [0.5, 0.6) is 11.5 Å². The first kappa shape index (κ1) is 19.1. The van der Waals surface area contributed by atoms with Crippen LogP contribution in [-0.2, 0) is 17.6 Å². The van der Waals surface area contributed by atoms with E-state index >= 15 is 0 Å². The van der Waals surface area contributed by atoms with Crippen molar-refractivity contribution >= 4 is 5.91 Å². The van der Waals surface area contributed by atoms with Crippen molar-refractivity contribution in [2.24, 2.45) is 0 Å². The number of nitrogens with one attached hydrogen (secondary N) is 1. The number of nitrogens with zero attached hydrogens (tertiary/aromatic N) is 1. The van der Waals surface area contributed by atoms with Crippen molar-refractivity contribution in [3.8, 4) is 11.5 Å². The lowest BCUT2D eigenvalue weighted by molar-refractivity contribution is -0.121. The highest BCUT2D eigenvalue weighted by Gasteiger charge is 2.21. The maximum atomic E-state index is 12.8. The normalized spacial score (nSPS) is 13.7. The second-order valence-corrected chi connectivity index (χ2v) is 7.19. The minimum absolute atomic E-state index is 0.0739. The number of fused-ring (bicyclic) bond motifs is 1. The molecule has 0 aliphatic carbocycles. The SMILES string of the molecule is Cc1noc(C)c1CC(=O)NC(Cc1ccccc1)c1ccc2c(c1)OCCO2. The highest BCUT2D eigenvalue weighted by molar-refractivity contribution is 5.79. The molecule has 29 heavy (non-hydrogen) atoms. The summed E-state index contributed by atoms with van der Waals surface area (Å²) in [5.74, 6) is 2.05. The van der Waals surface area contributed by atoms with Crippen molar-refractivity contribution in [3.05, 3.63) is 76.7 Å². The summed E-state index contributed by atoms with van der Waals surface area (Å²) < 4.78 is 16.5. The predicted molar refractivity (Wildman–Crippen MR) is 108 cm³/mol.